The van der Waals surface area contributed by atoms with Crippen molar-refractivity contribution in [2.45, 2.75) is 50.5 Å². The van der Waals surface area contributed by atoms with Crippen LogP contribution < -0.4 is 10.1 Å². The number of imidazole rings is 1. The SMILES string of the molecule is CSc1nc(NC(=O)Oc2ccccc2)c2ncn([C@@H]3O[C@H](COC(C)=O)[C@@H](OC(C)=O)[C@H]3OC(C)=O)c2n1. The molecule has 1 aliphatic heterocycles. The molecular weight excluding hydrogens is 534 g/mol. The van der Waals surface area contributed by atoms with Gasteiger partial charge < -0.3 is 23.7 Å². The van der Waals surface area contributed by atoms with Gasteiger partial charge in [-0.2, -0.15) is 0 Å². The van der Waals surface area contributed by atoms with Crippen molar-refractivity contribution in [1.82, 2.24) is 19.5 Å². The van der Waals surface area contributed by atoms with Gasteiger partial charge in [0.15, 0.2) is 40.6 Å². The zero-order valence-electron chi connectivity index (χ0n) is 21.4. The lowest BCUT2D eigenvalue weighted by atomic mass is 10.1. The summed E-state index contributed by atoms with van der Waals surface area (Å²) in [5.41, 5.74) is 0.414. The van der Waals surface area contributed by atoms with E-state index in [0.29, 0.717) is 5.75 Å². The minimum absolute atomic E-state index is 0.0686. The van der Waals surface area contributed by atoms with E-state index in [1.165, 1.54) is 43.4 Å². The second kappa shape index (κ2) is 12.1. The minimum atomic E-state index is -1.14. The molecule has 0 spiro atoms. The Labute approximate surface area is 226 Å². The lowest BCUT2D eigenvalue weighted by molar-refractivity contribution is -0.166. The van der Waals surface area contributed by atoms with Crippen LogP contribution in [0.15, 0.2) is 41.8 Å². The lowest BCUT2D eigenvalue weighted by Gasteiger charge is -2.23. The topological polar surface area (TPSA) is 170 Å². The summed E-state index contributed by atoms with van der Waals surface area (Å²) in [6.45, 7) is 3.34. The summed E-state index contributed by atoms with van der Waals surface area (Å²) in [5.74, 6) is -1.49. The quantitative estimate of drug-likeness (QED) is 0.185. The Balaban J connectivity index is 1.71. The second-order valence-electron chi connectivity index (χ2n) is 8.23. The van der Waals surface area contributed by atoms with Gasteiger partial charge in [0.25, 0.3) is 0 Å². The third-order valence-corrected chi connectivity index (χ3v) is 5.92. The van der Waals surface area contributed by atoms with Crippen molar-refractivity contribution in [3.63, 3.8) is 0 Å². The van der Waals surface area contributed by atoms with E-state index in [-0.39, 0.29) is 28.7 Å². The Bertz CT molecular complexity index is 1380. The molecule has 4 rings (SSSR count). The van der Waals surface area contributed by atoms with Crippen molar-refractivity contribution in [1.29, 1.82) is 0 Å². The second-order valence-corrected chi connectivity index (χ2v) is 9.00. The van der Waals surface area contributed by atoms with Crippen molar-refractivity contribution >= 4 is 52.7 Å². The van der Waals surface area contributed by atoms with Crippen LogP contribution >= 0.6 is 11.8 Å². The van der Waals surface area contributed by atoms with Crippen LogP contribution in [0, 0.1) is 0 Å². The van der Waals surface area contributed by atoms with Gasteiger partial charge >= 0.3 is 24.0 Å². The predicted octanol–water partition coefficient (Wildman–Crippen LogP) is 2.48. The van der Waals surface area contributed by atoms with E-state index in [2.05, 4.69) is 20.3 Å². The van der Waals surface area contributed by atoms with Crippen molar-refractivity contribution in [3.05, 3.63) is 36.7 Å². The summed E-state index contributed by atoms with van der Waals surface area (Å²) in [6.07, 6.45) is -1.99. The van der Waals surface area contributed by atoms with Gasteiger partial charge in [0.1, 0.15) is 18.5 Å². The number of para-hydroxylation sites is 1. The number of rotatable bonds is 8. The number of hydrogen-bond acceptors (Lipinski definition) is 13. The molecule has 0 aliphatic carbocycles. The Morgan fingerprint density at radius 1 is 1.00 bits per heavy atom. The van der Waals surface area contributed by atoms with Crippen molar-refractivity contribution in [2.75, 3.05) is 18.2 Å². The van der Waals surface area contributed by atoms with Gasteiger partial charge in [-0.1, -0.05) is 30.0 Å². The van der Waals surface area contributed by atoms with Crippen LogP contribution in [0.4, 0.5) is 10.6 Å². The molecule has 1 fully saturated rings. The number of fused-ring (bicyclic) bond motifs is 1. The van der Waals surface area contributed by atoms with E-state index in [1.807, 2.05) is 0 Å². The number of ether oxygens (including phenoxy) is 5. The molecule has 0 saturated carbocycles. The van der Waals surface area contributed by atoms with Crippen LogP contribution in [-0.2, 0) is 33.3 Å². The molecule has 1 saturated heterocycles. The maximum absolute atomic E-state index is 12.6. The smallest absolute Gasteiger partial charge is 0.418 e. The van der Waals surface area contributed by atoms with Gasteiger partial charge in [-0.05, 0) is 18.4 Å². The first-order valence-electron chi connectivity index (χ1n) is 11.6. The molecule has 206 valence electrons. The molecule has 39 heavy (non-hydrogen) atoms. The summed E-state index contributed by atoms with van der Waals surface area (Å²) in [7, 11) is 0. The average molecular weight is 560 g/mol. The normalized spacial score (nSPS) is 20.3. The number of amides is 1. The highest BCUT2D eigenvalue weighted by atomic mass is 32.2. The first kappa shape index (κ1) is 27.8. The molecule has 3 aromatic rings. The van der Waals surface area contributed by atoms with Crippen molar-refractivity contribution in [2.24, 2.45) is 0 Å². The molecule has 1 aliphatic rings. The molecule has 0 radical (unpaired) electrons. The summed E-state index contributed by atoms with van der Waals surface area (Å²) in [5, 5.41) is 2.86. The van der Waals surface area contributed by atoms with Crippen LogP contribution in [-0.4, -0.2) is 74.7 Å². The Morgan fingerprint density at radius 2 is 1.69 bits per heavy atom. The number of nitrogens with zero attached hydrogens (tertiary/aromatic N) is 4. The monoisotopic (exact) mass is 559 g/mol. The van der Waals surface area contributed by atoms with Crippen LogP contribution in [0.5, 0.6) is 5.75 Å². The van der Waals surface area contributed by atoms with Crippen molar-refractivity contribution in [3.8, 4) is 5.75 Å². The van der Waals surface area contributed by atoms with Crippen LogP contribution in [0.25, 0.3) is 11.2 Å². The zero-order chi connectivity index (χ0) is 28.1. The first-order valence-corrected chi connectivity index (χ1v) is 12.8. The molecule has 14 nitrogen and oxygen atoms in total. The summed E-state index contributed by atoms with van der Waals surface area (Å²) in [6, 6.07) is 8.47. The molecule has 15 heteroatoms. The fraction of sp³-hybridized carbons (Fsp3) is 0.375. The highest BCUT2D eigenvalue weighted by molar-refractivity contribution is 7.98. The molecule has 3 heterocycles. The molecule has 0 bridgehead atoms. The third-order valence-electron chi connectivity index (χ3n) is 5.37. The van der Waals surface area contributed by atoms with E-state index >= 15 is 0 Å². The van der Waals surface area contributed by atoms with Crippen LogP contribution in [0.1, 0.15) is 27.0 Å². The highest BCUT2D eigenvalue weighted by Crippen LogP contribution is 2.37. The summed E-state index contributed by atoms with van der Waals surface area (Å²) >= 11 is 1.21. The third kappa shape index (κ3) is 6.61. The largest absolute Gasteiger partial charge is 0.463 e. The number of nitrogens with one attached hydrogen (secondary N) is 1. The van der Waals surface area contributed by atoms with Gasteiger partial charge in [-0.15, -0.1) is 0 Å². The van der Waals surface area contributed by atoms with E-state index in [9.17, 15) is 19.2 Å². The standard InChI is InChI=1S/C24H25N5O9S/c1-12(30)34-10-16-18(35-13(2)31)19(36-14(3)32)22(38-16)29-11-25-17-20(26-23(39-4)28-21(17)29)27-24(33)37-15-8-6-5-7-9-15/h5-9,11,16,18-19,22H,10H2,1-4H3,(H,26,27,28,33)/t16-,18-,19-,22-/m1/s1. The number of carbonyl (C=O) groups excluding carboxylic acids is 4. The fourth-order valence-electron chi connectivity index (χ4n) is 3.90. The number of benzene rings is 1. The number of hydrogen-bond donors (Lipinski definition) is 1. The van der Waals surface area contributed by atoms with E-state index in [4.69, 9.17) is 23.7 Å². The van der Waals surface area contributed by atoms with Crippen molar-refractivity contribution < 1.29 is 42.9 Å². The molecular formula is C24H25N5O9S. The van der Waals surface area contributed by atoms with Crippen LogP contribution in [0.2, 0.25) is 0 Å². The number of thioether (sulfide) groups is 1. The summed E-state index contributed by atoms with van der Waals surface area (Å²) < 4.78 is 28.8. The van der Waals surface area contributed by atoms with Gasteiger partial charge in [0.2, 0.25) is 0 Å². The van der Waals surface area contributed by atoms with Gasteiger partial charge in [0, 0.05) is 20.8 Å². The molecule has 1 amide bonds. The maximum atomic E-state index is 12.6. The van der Waals surface area contributed by atoms with Gasteiger partial charge in [-0.3, -0.25) is 24.3 Å². The summed E-state index contributed by atoms with van der Waals surface area (Å²) in [4.78, 5) is 61.0. The van der Waals surface area contributed by atoms with Gasteiger partial charge in [0.05, 0.1) is 6.33 Å². The van der Waals surface area contributed by atoms with E-state index < -0.39 is 48.5 Å². The predicted molar refractivity (Wildman–Crippen MR) is 135 cm³/mol. The van der Waals surface area contributed by atoms with E-state index in [1.54, 1.807) is 36.6 Å². The molecule has 2 aromatic heterocycles. The number of aromatic nitrogens is 4. The Hall–Kier alpha value is -4.24. The Morgan fingerprint density at radius 3 is 2.33 bits per heavy atom. The molecule has 1 N–H and O–H groups in total. The molecule has 1 aromatic carbocycles. The zero-order valence-corrected chi connectivity index (χ0v) is 22.2. The van der Waals surface area contributed by atoms with E-state index in [0.717, 1.165) is 0 Å². The Kier molecular flexibility index (Phi) is 8.61. The molecule has 4 atom stereocenters. The number of esters is 3. The molecule has 0 unspecified atom stereocenters. The highest BCUT2D eigenvalue weighted by Gasteiger charge is 2.51. The first-order chi connectivity index (χ1) is 18.7. The number of anilines is 1. The van der Waals surface area contributed by atoms with Gasteiger partial charge in [-0.25, -0.2) is 19.7 Å². The lowest BCUT2D eigenvalue weighted by Crippen LogP contribution is -2.40. The number of carbonyl (C=O) groups is 4. The van der Waals surface area contributed by atoms with Crippen LogP contribution in [0.3, 0.4) is 0 Å². The maximum Gasteiger partial charge on any atom is 0.418 e. The fourth-order valence-corrected chi connectivity index (χ4v) is 4.26. The minimum Gasteiger partial charge on any atom is -0.463 e. The average Bonchev–Trinajstić information content (AvgIpc) is 3.44.